The molecule has 0 spiro atoms. The SMILES string of the molecule is C=CCOc1c(N)cc(Br)cc1Cl. The number of nitrogens with two attached hydrogens (primary N) is 1. The maximum atomic E-state index is 5.90. The summed E-state index contributed by atoms with van der Waals surface area (Å²) in [6.07, 6.45) is 1.64. The summed E-state index contributed by atoms with van der Waals surface area (Å²) in [6, 6.07) is 3.47. The van der Waals surface area contributed by atoms with E-state index >= 15 is 0 Å². The Morgan fingerprint density at radius 2 is 2.31 bits per heavy atom. The Balaban J connectivity index is 2.98. The van der Waals surface area contributed by atoms with E-state index in [0.717, 1.165) is 4.47 Å². The first kappa shape index (κ1) is 10.4. The average Bonchev–Trinajstić information content (AvgIpc) is 2.02. The van der Waals surface area contributed by atoms with Crippen LogP contribution in [0.4, 0.5) is 5.69 Å². The summed E-state index contributed by atoms with van der Waals surface area (Å²) in [5, 5.41) is 0.494. The number of hydrogen-bond donors (Lipinski definition) is 1. The van der Waals surface area contributed by atoms with Crippen molar-refractivity contribution < 1.29 is 4.74 Å². The van der Waals surface area contributed by atoms with E-state index < -0.39 is 0 Å². The topological polar surface area (TPSA) is 35.2 Å². The van der Waals surface area contributed by atoms with Crippen LogP contribution in [0, 0.1) is 0 Å². The van der Waals surface area contributed by atoms with Gasteiger partial charge in [0.05, 0.1) is 10.7 Å². The largest absolute Gasteiger partial charge is 0.486 e. The van der Waals surface area contributed by atoms with Crippen LogP contribution in [0.1, 0.15) is 0 Å². The lowest BCUT2D eigenvalue weighted by Crippen LogP contribution is -1.98. The fraction of sp³-hybridized carbons (Fsp3) is 0.111. The van der Waals surface area contributed by atoms with Gasteiger partial charge in [0.1, 0.15) is 6.61 Å². The fourth-order valence-corrected chi connectivity index (χ4v) is 1.76. The van der Waals surface area contributed by atoms with Gasteiger partial charge in [0.2, 0.25) is 0 Å². The lowest BCUT2D eigenvalue weighted by atomic mass is 10.3. The van der Waals surface area contributed by atoms with Gasteiger partial charge in [-0.1, -0.05) is 40.2 Å². The summed E-state index contributed by atoms with van der Waals surface area (Å²) in [4.78, 5) is 0. The fourth-order valence-electron chi connectivity index (χ4n) is 0.875. The molecule has 0 amide bonds. The molecule has 1 rings (SSSR count). The predicted octanol–water partition coefficient (Wildman–Crippen LogP) is 3.25. The van der Waals surface area contributed by atoms with Gasteiger partial charge in [-0.05, 0) is 12.1 Å². The van der Waals surface area contributed by atoms with Crippen molar-refractivity contribution >= 4 is 33.2 Å². The standard InChI is InChI=1S/C9H9BrClNO/c1-2-3-13-9-7(11)4-6(10)5-8(9)12/h2,4-5H,1,3,12H2. The Kier molecular flexibility index (Phi) is 3.63. The Labute approximate surface area is 90.5 Å². The number of benzene rings is 1. The van der Waals surface area contributed by atoms with E-state index in [4.69, 9.17) is 22.1 Å². The predicted molar refractivity (Wildman–Crippen MR) is 59.3 cm³/mol. The van der Waals surface area contributed by atoms with E-state index in [1.54, 1.807) is 18.2 Å². The Bertz CT molecular complexity index is 304. The van der Waals surface area contributed by atoms with Crippen LogP contribution in [0.15, 0.2) is 29.3 Å². The van der Waals surface area contributed by atoms with Gasteiger partial charge in [-0.3, -0.25) is 0 Å². The van der Waals surface area contributed by atoms with Gasteiger partial charge >= 0.3 is 0 Å². The number of rotatable bonds is 3. The molecule has 1 aromatic carbocycles. The second-order valence-corrected chi connectivity index (χ2v) is 3.73. The van der Waals surface area contributed by atoms with E-state index in [0.29, 0.717) is 23.1 Å². The number of anilines is 1. The molecule has 2 nitrogen and oxygen atoms in total. The maximum Gasteiger partial charge on any atom is 0.161 e. The van der Waals surface area contributed by atoms with Gasteiger partial charge in [-0.25, -0.2) is 0 Å². The third-order valence-corrected chi connectivity index (χ3v) is 2.12. The monoisotopic (exact) mass is 261 g/mol. The van der Waals surface area contributed by atoms with Gasteiger partial charge in [0.15, 0.2) is 5.75 Å². The molecule has 0 fully saturated rings. The Morgan fingerprint density at radius 1 is 1.62 bits per heavy atom. The number of ether oxygens (including phenoxy) is 1. The summed E-state index contributed by atoms with van der Waals surface area (Å²) < 4.78 is 6.11. The highest BCUT2D eigenvalue weighted by Crippen LogP contribution is 2.34. The minimum Gasteiger partial charge on any atom is -0.486 e. The summed E-state index contributed by atoms with van der Waals surface area (Å²) >= 11 is 9.18. The molecule has 0 unspecified atom stereocenters. The first-order valence-corrected chi connectivity index (χ1v) is 4.80. The third-order valence-electron chi connectivity index (χ3n) is 1.38. The minimum atomic E-state index is 0.394. The van der Waals surface area contributed by atoms with Gasteiger partial charge in [-0.2, -0.15) is 0 Å². The smallest absolute Gasteiger partial charge is 0.161 e. The van der Waals surface area contributed by atoms with Crippen molar-refractivity contribution in [3.8, 4) is 5.75 Å². The van der Waals surface area contributed by atoms with E-state index in [-0.39, 0.29) is 0 Å². The van der Waals surface area contributed by atoms with Crippen molar-refractivity contribution in [3.63, 3.8) is 0 Å². The molecule has 0 atom stereocenters. The molecule has 2 N–H and O–H groups in total. The van der Waals surface area contributed by atoms with Crippen molar-refractivity contribution in [2.24, 2.45) is 0 Å². The molecule has 13 heavy (non-hydrogen) atoms. The molecule has 0 radical (unpaired) electrons. The van der Waals surface area contributed by atoms with E-state index in [1.807, 2.05) is 0 Å². The van der Waals surface area contributed by atoms with Crippen LogP contribution in [0.5, 0.6) is 5.75 Å². The van der Waals surface area contributed by atoms with Crippen molar-refractivity contribution in [1.82, 2.24) is 0 Å². The minimum absolute atomic E-state index is 0.394. The molecule has 0 aliphatic heterocycles. The zero-order chi connectivity index (χ0) is 9.84. The first-order valence-electron chi connectivity index (χ1n) is 3.63. The molecule has 70 valence electrons. The molecule has 0 bridgehead atoms. The van der Waals surface area contributed by atoms with Crippen LogP contribution in [-0.2, 0) is 0 Å². The quantitative estimate of drug-likeness (QED) is 0.670. The highest BCUT2D eigenvalue weighted by molar-refractivity contribution is 9.10. The number of hydrogen-bond acceptors (Lipinski definition) is 2. The lowest BCUT2D eigenvalue weighted by Gasteiger charge is -2.08. The van der Waals surface area contributed by atoms with Crippen LogP contribution in [0.2, 0.25) is 5.02 Å². The average molecular weight is 263 g/mol. The van der Waals surface area contributed by atoms with Crippen molar-refractivity contribution in [2.75, 3.05) is 12.3 Å². The van der Waals surface area contributed by atoms with Crippen LogP contribution < -0.4 is 10.5 Å². The molecule has 0 aromatic heterocycles. The van der Waals surface area contributed by atoms with E-state index in [2.05, 4.69) is 22.5 Å². The van der Waals surface area contributed by atoms with Gasteiger partial charge in [-0.15, -0.1) is 0 Å². The summed E-state index contributed by atoms with van der Waals surface area (Å²) in [5.74, 6) is 0.504. The van der Waals surface area contributed by atoms with Crippen molar-refractivity contribution in [3.05, 3.63) is 34.3 Å². The highest BCUT2D eigenvalue weighted by Gasteiger charge is 2.06. The summed E-state index contributed by atoms with van der Waals surface area (Å²) in [6.45, 7) is 3.93. The second-order valence-electron chi connectivity index (χ2n) is 2.41. The molecule has 0 saturated carbocycles. The molecule has 0 aliphatic carbocycles. The molecular weight excluding hydrogens is 253 g/mol. The maximum absolute atomic E-state index is 5.90. The number of halogens is 2. The first-order chi connectivity index (χ1) is 6.15. The summed E-state index contributed by atoms with van der Waals surface area (Å²) in [5.41, 5.74) is 6.20. The Morgan fingerprint density at radius 3 is 2.85 bits per heavy atom. The summed E-state index contributed by atoms with van der Waals surface area (Å²) in [7, 11) is 0. The van der Waals surface area contributed by atoms with Gasteiger partial charge < -0.3 is 10.5 Å². The van der Waals surface area contributed by atoms with Crippen LogP contribution in [0.25, 0.3) is 0 Å². The van der Waals surface area contributed by atoms with Crippen molar-refractivity contribution in [2.45, 2.75) is 0 Å². The number of nitrogen functional groups attached to an aromatic ring is 1. The lowest BCUT2D eigenvalue weighted by molar-refractivity contribution is 0.365. The third kappa shape index (κ3) is 2.64. The van der Waals surface area contributed by atoms with E-state index in [9.17, 15) is 0 Å². The molecular formula is C9H9BrClNO. The zero-order valence-electron chi connectivity index (χ0n) is 6.89. The second kappa shape index (κ2) is 4.53. The molecule has 4 heteroatoms. The molecule has 0 saturated heterocycles. The van der Waals surface area contributed by atoms with Gasteiger partial charge in [0.25, 0.3) is 0 Å². The van der Waals surface area contributed by atoms with Crippen LogP contribution in [-0.4, -0.2) is 6.61 Å². The van der Waals surface area contributed by atoms with Crippen LogP contribution in [0.3, 0.4) is 0 Å². The Hall–Kier alpha value is -0.670. The molecule has 1 aromatic rings. The zero-order valence-corrected chi connectivity index (χ0v) is 9.23. The van der Waals surface area contributed by atoms with Crippen molar-refractivity contribution in [1.29, 1.82) is 0 Å². The molecule has 0 heterocycles. The van der Waals surface area contributed by atoms with Gasteiger partial charge in [0, 0.05) is 4.47 Å². The van der Waals surface area contributed by atoms with Crippen LogP contribution >= 0.6 is 27.5 Å². The normalized spacial score (nSPS) is 9.69. The highest BCUT2D eigenvalue weighted by atomic mass is 79.9. The van der Waals surface area contributed by atoms with E-state index in [1.165, 1.54) is 0 Å². The molecule has 0 aliphatic rings.